The van der Waals surface area contributed by atoms with Crippen LogP contribution in [0.25, 0.3) is 0 Å². The number of hydrogen-bond acceptors (Lipinski definition) is 4. The summed E-state index contributed by atoms with van der Waals surface area (Å²) in [6.07, 6.45) is 0.213. The molecular weight excluding hydrogens is 252 g/mol. The van der Waals surface area contributed by atoms with Gasteiger partial charge in [-0.25, -0.2) is 0 Å². The molecule has 0 spiro atoms. The molecule has 0 saturated carbocycles. The van der Waals surface area contributed by atoms with Crippen molar-refractivity contribution in [1.29, 1.82) is 5.26 Å². The van der Waals surface area contributed by atoms with Gasteiger partial charge in [0.1, 0.15) is 6.07 Å². The van der Waals surface area contributed by atoms with Gasteiger partial charge in [-0.3, -0.25) is 0 Å². The minimum absolute atomic E-state index is 0.126. The lowest BCUT2D eigenvalue weighted by atomic mass is 10.1. The van der Waals surface area contributed by atoms with E-state index in [4.69, 9.17) is 21.6 Å². The molecule has 0 bridgehead atoms. The van der Waals surface area contributed by atoms with Crippen LogP contribution in [0.4, 0.5) is 5.69 Å². The standard InChI is InChI=1S/C13H15ClN2O2/c1-2-9-10(4-3-8(5-15)13(9)14)16-11-6-18-7-12(11)17/h3-4,11-12,16-17H,2,6-7H2,1H3/t11-,12?/m1/s1. The molecule has 1 aromatic carbocycles. The van der Waals surface area contributed by atoms with Crippen LogP contribution in [-0.4, -0.2) is 30.5 Å². The number of nitrogens with zero attached hydrogens (tertiary/aromatic N) is 1. The highest BCUT2D eigenvalue weighted by atomic mass is 35.5. The molecule has 0 radical (unpaired) electrons. The summed E-state index contributed by atoms with van der Waals surface area (Å²) >= 11 is 6.18. The first-order valence-corrected chi connectivity index (χ1v) is 6.29. The maximum atomic E-state index is 9.71. The summed E-state index contributed by atoms with van der Waals surface area (Å²) < 4.78 is 5.19. The number of rotatable bonds is 3. The molecule has 2 rings (SSSR count). The van der Waals surface area contributed by atoms with E-state index in [-0.39, 0.29) is 6.04 Å². The Balaban J connectivity index is 2.28. The van der Waals surface area contributed by atoms with Gasteiger partial charge in [0.25, 0.3) is 0 Å². The van der Waals surface area contributed by atoms with E-state index in [2.05, 4.69) is 11.4 Å². The number of aliphatic hydroxyl groups excluding tert-OH is 1. The largest absolute Gasteiger partial charge is 0.388 e. The van der Waals surface area contributed by atoms with Crippen molar-refractivity contribution >= 4 is 17.3 Å². The minimum Gasteiger partial charge on any atom is -0.388 e. The first-order chi connectivity index (χ1) is 8.67. The van der Waals surface area contributed by atoms with E-state index in [0.717, 1.165) is 17.7 Å². The average molecular weight is 267 g/mol. The Morgan fingerprint density at radius 3 is 2.89 bits per heavy atom. The van der Waals surface area contributed by atoms with Crippen LogP contribution in [0.5, 0.6) is 0 Å². The van der Waals surface area contributed by atoms with Crippen molar-refractivity contribution in [3.63, 3.8) is 0 Å². The summed E-state index contributed by atoms with van der Waals surface area (Å²) in [6.45, 7) is 2.81. The zero-order valence-electron chi connectivity index (χ0n) is 10.1. The van der Waals surface area contributed by atoms with Gasteiger partial charge in [0.05, 0.1) is 35.9 Å². The normalized spacial score (nSPS) is 22.8. The molecule has 4 nitrogen and oxygen atoms in total. The molecule has 2 atom stereocenters. The predicted octanol–water partition coefficient (Wildman–Crippen LogP) is 1.95. The summed E-state index contributed by atoms with van der Waals surface area (Å²) in [5, 5.41) is 22.4. The number of benzene rings is 1. The lowest BCUT2D eigenvalue weighted by Crippen LogP contribution is -2.32. The number of anilines is 1. The second kappa shape index (κ2) is 5.57. The van der Waals surface area contributed by atoms with Crippen molar-refractivity contribution in [2.45, 2.75) is 25.5 Å². The molecule has 2 N–H and O–H groups in total. The van der Waals surface area contributed by atoms with Crippen LogP contribution in [0.15, 0.2) is 12.1 Å². The maximum Gasteiger partial charge on any atom is 0.101 e. The molecule has 1 saturated heterocycles. The van der Waals surface area contributed by atoms with E-state index in [1.165, 1.54) is 0 Å². The molecule has 18 heavy (non-hydrogen) atoms. The maximum absolute atomic E-state index is 9.71. The monoisotopic (exact) mass is 266 g/mol. The van der Waals surface area contributed by atoms with Crippen molar-refractivity contribution in [3.8, 4) is 6.07 Å². The average Bonchev–Trinajstić information content (AvgIpc) is 2.76. The van der Waals surface area contributed by atoms with Crippen LogP contribution < -0.4 is 5.32 Å². The Bertz CT molecular complexity index is 485. The third kappa shape index (κ3) is 2.44. The van der Waals surface area contributed by atoms with E-state index in [0.29, 0.717) is 23.8 Å². The van der Waals surface area contributed by atoms with Crippen molar-refractivity contribution < 1.29 is 9.84 Å². The summed E-state index contributed by atoms with van der Waals surface area (Å²) in [4.78, 5) is 0. The number of ether oxygens (including phenoxy) is 1. The van der Waals surface area contributed by atoms with Gasteiger partial charge in [0.2, 0.25) is 0 Å². The van der Waals surface area contributed by atoms with E-state index in [1.807, 2.05) is 13.0 Å². The Labute approximate surface area is 111 Å². The highest BCUT2D eigenvalue weighted by Crippen LogP contribution is 2.29. The molecule has 0 amide bonds. The lowest BCUT2D eigenvalue weighted by Gasteiger charge is -2.19. The van der Waals surface area contributed by atoms with Crippen LogP contribution in [0.3, 0.4) is 0 Å². The van der Waals surface area contributed by atoms with Crippen LogP contribution in [0.2, 0.25) is 5.02 Å². The van der Waals surface area contributed by atoms with Crippen LogP contribution in [0, 0.1) is 11.3 Å². The third-order valence-corrected chi connectivity index (χ3v) is 3.54. The molecule has 1 aliphatic rings. The van der Waals surface area contributed by atoms with Gasteiger partial charge in [0.15, 0.2) is 0 Å². The molecule has 1 fully saturated rings. The molecule has 1 unspecified atom stereocenters. The zero-order chi connectivity index (χ0) is 13.1. The van der Waals surface area contributed by atoms with Gasteiger partial charge in [0, 0.05) is 5.69 Å². The quantitative estimate of drug-likeness (QED) is 0.878. The second-order valence-corrected chi connectivity index (χ2v) is 4.65. The van der Waals surface area contributed by atoms with Crippen LogP contribution in [0.1, 0.15) is 18.1 Å². The molecule has 0 aromatic heterocycles. The number of aliphatic hydroxyl groups is 1. The van der Waals surface area contributed by atoms with Crippen molar-refractivity contribution in [2.24, 2.45) is 0 Å². The number of nitriles is 1. The molecule has 96 valence electrons. The Hall–Kier alpha value is -1.28. The van der Waals surface area contributed by atoms with E-state index < -0.39 is 6.10 Å². The van der Waals surface area contributed by atoms with E-state index in [1.54, 1.807) is 6.07 Å². The zero-order valence-corrected chi connectivity index (χ0v) is 10.9. The summed E-state index contributed by atoms with van der Waals surface area (Å²) in [6, 6.07) is 5.45. The predicted molar refractivity (Wildman–Crippen MR) is 69.8 cm³/mol. The SMILES string of the molecule is CCc1c(N[C@@H]2COCC2O)ccc(C#N)c1Cl. The van der Waals surface area contributed by atoms with Crippen LogP contribution >= 0.6 is 11.6 Å². The molecule has 1 heterocycles. The summed E-state index contributed by atoms with van der Waals surface area (Å²) in [5.41, 5.74) is 2.23. The molecule has 1 aliphatic heterocycles. The number of hydrogen-bond donors (Lipinski definition) is 2. The van der Waals surface area contributed by atoms with Crippen molar-refractivity contribution in [1.82, 2.24) is 0 Å². The van der Waals surface area contributed by atoms with Gasteiger partial charge >= 0.3 is 0 Å². The Kier molecular flexibility index (Phi) is 4.07. The lowest BCUT2D eigenvalue weighted by molar-refractivity contribution is 0.125. The fraction of sp³-hybridized carbons (Fsp3) is 0.462. The highest BCUT2D eigenvalue weighted by Gasteiger charge is 2.26. The fourth-order valence-corrected chi connectivity index (χ4v) is 2.41. The van der Waals surface area contributed by atoms with E-state index in [9.17, 15) is 5.11 Å². The number of halogens is 1. The summed E-state index contributed by atoms with van der Waals surface area (Å²) in [7, 11) is 0. The van der Waals surface area contributed by atoms with E-state index >= 15 is 0 Å². The van der Waals surface area contributed by atoms with Gasteiger partial charge in [-0.2, -0.15) is 5.26 Å². The van der Waals surface area contributed by atoms with Gasteiger partial charge in [-0.05, 0) is 24.1 Å². The van der Waals surface area contributed by atoms with Crippen molar-refractivity contribution in [2.75, 3.05) is 18.5 Å². The smallest absolute Gasteiger partial charge is 0.101 e. The number of nitrogens with one attached hydrogen (secondary N) is 1. The second-order valence-electron chi connectivity index (χ2n) is 4.27. The summed E-state index contributed by atoms with van der Waals surface area (Å²) in [5.74, 6) is 0. The first-order valence-electron chi connectivity index (χ1n) is 5.91. The minimum atomic E-state index is -0.510. The topological polar surface area (TPSA) is 65.3 Å². The fourth-order valence-electron chi connectivity index (χ4n) is 2.07. The Morgan fingerprint density at radius 1 is 1.56 bits per heavy atom. The molecule has 5 heteroatoms. The highest BCUT2D eigenvalue weighted by molar-refractivity contribution is 6.32. The van der Waals surface area contributed by atoms with Gasteiger partial charge < -0.3 is 15.2 Å². The van der Waals surface area contributed by atoms with Gasteiger partial charge in [-0.1, -0.05) is 18.5 Å². The molecular formula is C13H15ClN2O2. The Morgan fingerprint density at radius 2 is 2.33 bits per heavy atom. The molecule has 1 aromatic rings. The van der Waals surface area contributed by atoms with Gasteiger partial charge in [-0.15, -0.1) is 0 Å². The first kappa shape index (κ1) is 13.2. The van der Waals surface area contributed by atoms with Crippen molar-refractivity contribution in [3.05, 3.63) is 28.3 Å². The molecule has 0 aliphatic carbocycles. The van der Waals surface area contributed by atoms with Crippen LogP contribution in [-0.2, 0) is 11.2 Å². The third-order valence-electron chi connectivity index (χ3n) is 3.11.